The Kier molecular flexibility index (Phi) is 7.97. The maximum Gasteiger partial charge on any atom is 0.334 e. The van der Waals surface area contributed by atoms with Gasteiger partial charge in [-0.1, -0.05) is 31.4 Å². The van der Waals surface area contributed by atoms with Gasteiger partial charge in [-0.2, -0.15) is 0 Å². The van der Waals surface area contributed by atoms with E-state index in [9.17, 15) is 24.3 Å². The average Bonchev–Trinajstić information content (AvgIpc) is 2.85. The van der Waals surface area contributed by atoms with Gasteiger partial charge in [-0.05, 0) is 36.5 Å². The molecule has 2 saturated heterocycles. The number of hydrazine groups is 1. The van der Waals surface area contributed by atoms with E-state index in [0.29, 0.717) is 18.2 Å². The molecule has 2 heterocycles. The Morgan fingerprint density at radius 2 is 1.81 bits per heavy atom. The number of carbonyl (C=O) groups is 4. The highest BCUT2D eigenvalue weighted by atomic mass is 16.5. The van der Waals surface area contributed by atoms with Crippen LogP contribution in [-0.4, -0.2) is 94.7 Å². The summed E-state index contributed by atoms with van der Waals surface area (Å²) in [5, 5.41) is 15.4. The Bertz CT molecular complexity index is 980. The van der Waals surface area contributed by atoms with Gasteiger partial charge in [0.25, 0.3) is 0 Å². The summed E-state index contributed by atoms with van der Waals surface area (Å²) < 4.78 is 5.17. The van der Waals surface area contributed by atoms with Gasteiger partial charge in [-0.15, -0.1) is 0 Å². The summed E-state index contributed by atoms with van der Waals surface area (Å²) in [6.45, 7) is 0.797. The van der Waals surface area contributed by atoms with Gasteiger partial charge in [-0.25, -0.2) is 14.8 Å². The number of hydrogen-bond acceptors (Lipinski definition) is 6. The average molecular weight is 502 g/mol. The molecule has 1 aromatic rings. The van der Waals surface area contributed by atoms with Gasteiger partial charge >= 0.3 is 12.0 Å². The van der Waals surface area contributed by atoms with E-state index in [1.165, 1.54) is 16.3 Å². The van der Waals surface area contributed by atoms with Gasteiger partial charge in [-0.3, -0.25) is 14.4 Å². The summed E-state index contributed by atoms with van der Waals surface area (Å²) >= 11 is 0. The smallest absolute Gasteiger partial charge is 0.334 e. The van der Waals surface area contributed by atoms with Crippen LogP contribution in [0.5, 0.6) is 5.75 Å². The van der Waals surface area contributed by atoms with E-state index in [0.717, 1.165) is 31.2 Å². The summed E-state index contributed by atoms with van der Waals surface area (Å²) in [4.78, 5) is 54.4. The number of hydrogen-bond donors (Lipinski definition) is 2. The molecule has 1 aromatic carbocycles. The first-order valence-corrected chi connectivity index (χ1v) is 12.5. The van der Waals surface area contributed by atoms with E-state index in [1.54, 1.807) is 36.2 Å². The number of benzene rings is 1. The van der Waals surface area contributed by atoms with Gasteiger partial charge in [0, 0.05) is 20.1 Å². The molecule has 1 saturated carbocycles. The number of carbonyl (C=O) groups excluding carboxylic acids is 3. The second-order valence-corrected chi connectivity index (χ2v) is 9.81. The highest BCUT2D eigenvalue weighted by Gasteiger charge is 2.51. The van der Waals surface area contributed by atoms with Gasteiger partial charge in [0.1, 0.15) is 18.0 Å². The van der Waals surface area contributed by atoms with Gasteiger partial charge in [0.05, 0.1) is 26.6 Å². The van der Waals surface area contributed by atoms with Crippen molar-refractivity contribution in [3.63, 3.8) is 0 Å². The minimum atomic E-state index is -1.16. The van der Waals surface area contributed by atoms with Gasteiger partial charge < -0.3 is 25.0 Å². The van der Waals surface area contributed by atoms with Crippen molar-refractivity contribution in [1.82, 2.24) is 25.1 Å². The zero-order chi connectivity index (χ0) is 25.8. The van der Waals surface area contributed by atoms with Crippen LogP contribution in [0, 0.1) is 5.92 Å². The lowest BCUT2D eigenvalue weighted by atomic mass is 9.88. The molecular formula is C25H35N5O6. The predicted molar refractivity (Wildman–Crippen MR) is 130 cm³/mol. The normalized spacial score (nSPS) is 23.4. The summed E-state index contributed by atoms with van der Waals surface area (Å²) in [5.41, 5.74) is 0.873. The standard InChI is InChI=1S/C25H35N5O6/c1-27-16-22(31)29-20(12-23(32)33)24(34)28(14-18-6-4-3-5-7-18)15-21(29)30(27)25(35)26-13-17-8-10-19(36-2)11-9-17/h8-11,18,20-21H,3-7,12-16H2,1-2H3,(H,26,35)(H,32,33)/t20-,21-/m0/s1. The third-order valence-corrected chi connectivity index (χ3v) is 7.32. The third kappa shape index (κ3) is 5.56. The zero-order valence-corrected chi connectivity index (χ0v) is 20.9. The van der Waals surface area contributed by atoms with Crippen molar-refractivity contribution in [2.45, 2.75) is 57.3 Å². The minimum Gasteiger partial charge on any atom is -0.497 e. The van der Waals surface area contributed by atoms with Crippen LogP contribution in [0.2, 0.25) is 0 Å². The number of rotatable bonds is 7. The van der Waals surface area contributed by atoms with Crippen LogP contribution in [0.4, 0.5) is 4.79 Å². The molecule has 0 radical (unpaired) electrons. The van der Waals surface area contributed by atoms with E-state index >= 15 is 0 Å². The van der Waals surface area contributed by atoms with E-state index in [4.69, 9.17) is 4.74 Å². The number of ether oxygens (including phenoxy) is 1. The lowest BCUT2D eigenvalue weighted by Crippen LogP contribution is -2.76. The van der Waals surface area contributed by atoms with Crippen molar-refractivity contribution < 1.29 is 29.0 Å². The highest BCUT2D eigenvalue weighted by molar-refractivity contribution is 5.93. The van der Waals surface area contributed by atoms with Crippen LogP contribution in [-0.2, 0) is 20.9 Å². The van der Waals surface area contributed by atoms with Crippen LogP contribution in [0.25, 0.3) is 0 Å². The predicted octanol–water partition coefficient (Wildman–Crippen LogP) is 1.49. The second-order valence-electron chi connectivity index (χ2n) is 9.81. The van der Waals surface area contributed by atoms with Crippen LogP contribution in [0.15, 0.2) is 24.3 Å². The molecule has 3 fully saturated rings. The van der Waals surface area contributed by atoms with E-state index in [-0.39, 0.29) is 31.4 Å². The number of urea groups is 1. The van der Waals surface area contributed by atoms with E-state index < -0.39 is 30.6 Å². The number of aliphatic carboxylic acids is 1. The zero-order valence-electron chi connectivity index (χ0n) is 20.9. The fraction of sp³-hybridized carbons (Fsp3) is 0.600. The third-order valence-electron chi connectivity index (χ3n) is 7.32. The lowest BCUT2D eigenvalue weighted by molar-refractivity contribution is -0.189. The maximum absolute atomic E-state index is 13.4. The topological polar surface area (TPSA) is 123 Å². The molecule has 0 bridgehead atoms. The molecule has 0 aromatic heterocycles. The molecule has 11 heteroatoms. The fourth-order valence-electron chi connectivity index (χ4n) is 5.52. The maximum atomic E-state index is 13.4. The molecule has 3 aliphatic rings. The molecule has 0 spiro atoms. The monoisotopic (exact) mass is 501 g/mol. The number of likely N-dealkylation sites (N-methyl/N-ethyl adjacent to an activating group) is 1. The van der Waals surface area contributed by atoms with Crippen LogP contribution in [0.3, 0.4) is 0 Å². The van der Waals surface area contributed by atoms with E-state index in [2.05, 4.69) is 5.32 Å². The molecule has 0 unspecified atom stereocenters. The van der Waals surface area contributed by atoms with Crippen LogP contribution < -0.4 is 10.1 Å². The van der Waals surface area contributed by atoms with Crippen molar-refractivity contribution in [3.8, 4) is 5.75 Å². The largest absolute Gasteiger partial charge is 0.497 e. The number of methoxy groups -OCH3 is 1. The summed E-state index contributed by atoms with van der Waals surface area (Å²) in [5.74, 6) is -0.818. The number of carboxylic acids is 1. The quantitative estimate of drug-likeness (QED) is 0.580. The molecule has 2 aliphatic heterocycles. The van der Waals surface area contributed by atoms with Crippen LogP contribution >= 0.6 is 0 Å². The van der Waals surface area contributed by atoms with Crippen molar-refractivity contribution in [3.05, 3.63) is 29.8 Å². The van der Waals surface area contributed by atoms with Crippen molar-refractivity contribution in [2.75, 3.05) is 33.8 Å². The molecular weight excluding hydrogens is 466 g/mol. The first-order chi connectivity index (χ1) is 17.3. The minimum absolute atomic E-state index is 0.127. The Balaban J connectivity index is 1.55. The lowest BCUT2D eigenvalue weighted by Gasteiger charge is -2.54. The van der Waals surface area contributed by atoms with Gasteiger partial charge in [0.2, 0.25) is 11.8 Å². The Hall–Kier alpha value is -3.34. The molecule has 2 N–H and O–H groups in total. The Morgan fingerprint density at radius 1 is 1.11 bits per heavy atom. The number of carboxylic acid groups (broad SMARTS) is 1. The molecule has 11 nitrogen and oxygen atoms in total. The first kappa shape index (κ1) is 25.7. The second kappa shape index (κ2) is 11.2. The first-order valence-electron chi connectivity index (χ1n) is 12.5. The summed E-state index contributed by atoms with van der Waals surface area (Å²) in [7, 11) is 3.23. The highest BCUT2D eigenvalue weighted by Crippen LogP contribution is 2.30. The molecule has 2 atom stereocenters. The number of nitrogens with one attached hydrogen (secondary N) is 1. The Labute approximate surface area is 210 Å². The fourth-order valence-corrected chi connectivity index (χ4v) is 5.52. The number of nitrogens with zero attached hydrogens (tertiary/aromatic N) is 4. The van der Waals surface area contributed by atoms with Crippen molar-refractivity contribution in [2.24, 2.45) is 5.92 Å². The molecule has 4 amide bonds. The summed E-state index contributed by atoms with van der Waals surface area (Å²) in [6, 6.07) is 5.76. The van der Waals surface area contributed by atoms with E-state index in [1.807, 2.05) is 12.1 Å². The molecule has 4 rings (SSSR count). The Morgan fingerprint density at radius 3 is 2.44 bits per heavy atom. The van der Waals surface area contributed by atoms with Gasteiger partial charge in [0.15, 0.2) is 0 Å². The molecule has 196 valence electrons. The van der Waals surface area contributed by atoms with Crippen LogP contribution in [0.1, 0.15) is 44.1 Å². The van der Waals surface area contributed by atoms with Crippen molar-refractivity contribution >= 4 is 23.8 Å². The number of piperazine rings is 1. The van der Waals surface area contributed by atoms with Crippen molar-refractivity contribution in [1.29, 1.82) is 0 Å². The number of amides is 4. The SMILES string of the molecule is COc1ccc(CNC(=O)N2[C@H]3CN(CC4CCCCC4)C(=O)[C@H](CC(=O)O)N3C(=O)CN2C)cc1. The molecule has 36 heavy (non-hydrogen) atoms. The summed E-state index contributed by atoms with van der Waals surface area (Å²) in [6.07, 6.45) is 4.18. The number of fused-ring (bicyclic) bond motifs is 1. The molecule has 1 aliphatic carbocycles.